The van der Waals surface area contributed by atoms with Gasteiger partial charge in [-0.3, -0.25) is 4.79 Å². The average Bonchev–Trinajstić information content (AvgIpc) is 3.19. The van der Waals surface area contributed by atoms with E-state index in [1.54, 1.807) is 48.7 Å². The van der Waals surface area contributed by atoms with Gasteiger partial charge in [0.2, 0.25) is 5.82 Å². The molecule has 0 aliphatic heterocycles. The van der Waals surface area contributed by atoms with Crippen molar-refractivity contribution in [2.45, 2.75) is 0 Å². The summed E-state index contributed by atoms with van der Waals surface area (Å²) in [6.45, 7) is 0. The van der Waals surface area contributed by atoms with Crippen LogP contribution in [0.3, 0.4) is 0 Å². The minimum Gasteiger partial charge on any atom is -0.332 e. The molecule has 28 heavy (non-hydrogen) atoms. The number of carbonyl (C=O) groups excluding carboxylic acids is 1. The Morgan fingerprint density at radius 1 is 1.07 bits per heavy atom. The highest BCUT2D eigenvalue weighted by molar-refractivity contribution is 6.32. The van der Waals surface area contributed by atoms with Crippen LogP contribution in [0.5, 0.6) is 0 Å². The Balaban J connectivity index is 1.59. The minimum absolute atomic E-state index is 0.0421. The summed E-state index contributed by atoms with van der Waals surface area (Å²) < 4.78 is 19.0. The van der Waals surface area contributed by atoms with Crippen molar-refractivity contribution in [1.29, 1.82) is 0 Å². The van der Waals surface area contributed by atoms with E-state index in [2.05, 4.69) is 20.4 Å². The van der Waals surface area contributed by atoms with Crippen molar-refractivity contribution in [3.05, 3.63) is 83.3 Å². The van der Waals surface area contributed by atoms with Crippen LogP contribution >= 0.6 is 11.6 Å². The number of benzene rings is 2. The molecule has 0 unspecified atom stereocenters. The maximum atomic E-state index is 13.8. The number of halogens is 2. The molecule has 6 nitrogen and oxygen atoms in total. The molecule has 2 aromatic heterocycles. The van der Waals surface area contributed by atoms with Gasteiger partial charge in [0.15, 0.2) is 0 Å². The molecule has 1 N–H and O–H groups in total. The lowest BCUT2D eigenvalue weighted by Gasteiger charge is -2.07. The molecule has 0 radical (unpaired) electrons. The van der Waals surface area contributed by atoms with Gasteiger partial charge in [0.05, 0.1) is 10.6 Å². The molecule has 138 valence electrons. The van der Waals surface area contributed by atoms with Gasteiger partial charge < -0.3 is 9.84 Å². The van der Waals surface area contributed by atoms with Gasteiger partial charge in [-0.05, 0) is 36.4 Å². The van der Waals surface area contributed by atoms with E-state index in [0.29, 0.717) is 27.8 Å². The molecule has 0 aliphatic rings. The van der Waals surface area contributed by atoms with Crippen molar-refractivity contribution in [3.63, 3.8) is 0 Å². The highest BCUT2D eigenvalue weighted by atomic mass is 35.5. The van der Waals surface area contributed by atoms with Crippen LogP contribution < -0.4 is 5.32 Å². The third kappa shape index (κ3) is 3.60. The second-order valence-corrected chi connectivity index (χ2v) is 6.18. The molecule has 0 aliphatic carbocycles. The number of carbonyl (C=O) groups is 1. The first-order chi connectivity index (χ1) is 13.6. The first-order valence-corrected chi connectivity index (χ1v) is 8.60. The molecule has 0 saturated carbocycles. The number of rotatable bonds is 4. The predicted molar refractivity (Wildman–Crippen MR) is 102 cm³/mol. The number of hydrogen-bond donors (Lipinski definition) is 1. The number of anilines is 1. The third-order valence-corrected chi connectivity index (χ3v) is 4.19. The Labute approximate surface area is 164 Å². The van der Waals surface area contributed by atoms with Crippen LogP contribution in [0.4, 0.5) is 10.1 Å². The highest BCUT2D eigenvalue weighted by Crippen LogP contribution is 2.27. The summed E-state index contributed by atoms with van der Waals surface area (Å²) in [5.41, 5.74) is 1.41. The van der Waals surface area contributed by atoms with E-state index in [4.69, 9.17) is 16.1 Å². The maximum Gasteiger partial charge on any atom is 0.278 e. The van der Waals surface area contributed by atoms with Gasteiger partial charge in [-0.1, -0.05) is 41.0 Å². The van der Waals surface area contributed by atoms with E-state index in [1.807, 2.05) is 0 Å². The van der Waals surface area contributed by atoms with E-state index in [-0.39, 0.29) is 11.5 Å². The lowest BCUT2D eigenvalue weighted by atomic mass is 10.1. The van der Waals surface area contributed by atoms with Crippen LogP contribution in [0.1, 0.15) is 10.4 Å². The number of amides is 1. The Bertz CT molecular complexity index is 1160. The number of hydrogen-bond acceptors (Lipinski definition) is 5. The van der Waals surface area contributed by atoms with Gasteiger partial charge in [0, 0.05) is 17.4 Å². The van der Waals surface area contributed by atoms with E-state index in [9.17, 15) is 9.18 Å². The van der Waals surface area contributed by atoms with Crippen molar-refractivity contribution in [3.8, 4) is 23.0 Å². The van der Waals surface area contributed by atoms with Crippen molar-refractivity contribution >= 4 is 23.2 Å². The smallest absolute Gasteiger partial charge is 0.278 e. The SMILES string of the molecule is O=C(Nc1cccc(-c2noc(-c3ncccc3Cl)n2)c1)c1ccccc1F. The normalized spacial score (nSPS) is 10.6. The molecule has 8 heteroatoms. The summed E-state index contributed by atoms with van der Waals surface area (Å²) in [7, 11) is 0. The summed E-state index contributed by atoms with van der Waals surface area (Å²) in [5.74, 6) is -0.657. The lowest BCUT2D eigenvalue weighted by molar-refractivity contribution is 0.102. The van der Waals surface area contributed by atoms with Gasteiger partial charge >= 0.3 is 0 Å². The van der Waals surface area contributed by atoms with Crippen molar-refractivity contribution in [1.82, 2.24) is 15.1 Å². The van der Waals surface area contributed by atoms with Crippen molar-refractivity contribution in [2.75, 3.05) is 5.32 Å². The summed E-state index contributed by atoms with van der Waals surface area (Å²) >= 11 is 6.10. The first-order valence-electron chi connectivity index (χ1n) is 8.23. The second-order valence-electron chi connectivity index (χ2n) is 5.77. The largest absolute Gasteiger partial charge is 0.332 e. The molecule has 4 rings (SSSR count). The quantitative estimate of drug-likeness (QED) is 0.535. The topological polar surface area (TPSA) is 80.9 Å². The Morgan fingerprint density at radius 2 is 1.93 bits per heavy atom. The zero-order valence-electron chi connectivity index (χ0n) is 14.3. The Hall–Kier alpha value is -3.58. The van der Waals surface area contributed by atoms with Gasteiger partial charge in [0.1, 0.15) is 11.5 Å². The van der Waals surface area contributed by atoms with Crippen LogP contribution in [0.2, 0.25) is 5.02 Å². The van der Waals surface area contributed by atoms with Crippen LogP contribution in [-0.4, -0.2) is 21.0 Å². The fourth-order valence-electron chi connectivity index (χ4n) is 2.56. The zero-order chi connectivity index (χ0) is 19.5. The maximum absolute atomic E-state index is 13.8. The minimum atomic E-state index is -0.591. The molecular weight excluding hydrogens is 383 g/mol. The zero-order valence-corrected chi connectivity index (χ0v) is 15.0. The second kappa shape index (κ2) is 7.58. The monoisotopic (exact) mass is 394 g/mol. The molecule has 1 amide bonds. The van der Waals surface area contributed by atoms with Gasteiger partial charge in [-0.15, -0.1) is 0 Å². The third-order valence-electron chi connectivity index (χ3n) is 3.88. The molecule has 4 aromatic rings. The van der Waals surface area contributed by atoms with E-state index >= 15 is 0 Å². The standard InChI is InChI=1S/C20H12ClFN4O2/c21-15-8-4-10-23-17(15)20-25-18(26-28-20)12-5-3-6-13(11-12)24-19(27)14-7-1-2-9-16(14)22/h1-11H,(H,24,27). The molecule has 0 spiro atoms. The molecule has 0 atom stereocenters. The number of aromatic nitrogens is 3. The van der Waals surface area contributed by atoms with Gasteiger partial charge in [0.25, 0.3) is 11.8 Å². The molecular formula is C20H12ClFN4O2. The lowest BCUT2D eigenvalue weighted by Crippen LogP contribution is -2.13. The van der Waals surface area contributed by atoms with Crippen LogP contribution in [-0.2, 0) is 0 Å². The highest BCUT2D eigenvalue weighted by Gasteiger charge is 2.16. The van der Waals surface area contributed by atoms with Crippen molar-refractivity contribution < 1.29 is 13.7 Å². The van der Waals surface area contributed by atoms with Crippen LogP contribution in [0, 0.1) is 5.82 Å². The first kappa shape index (κ1) is 17.8. The van der Waals surface area contributed by atoms with E-state index in [1.165, 1.54) is 18.2 Å². The van der Waals surface area contributed by atoms with Gasteiger partial charge in [-0.25, -0.2) is 9.37 Å². The van der Waals surface area contributed by atoms with Crippen LogP contribution in [0.25, 0.3) is 23.0 Å². The molecule has 2 aromatic carbocycles. The summed E-state index contributed by atoms with van der Waals surface area (Å²) in [6.07, 6.45) is 1.57. The molecule has 0 bridgehead atoms. The average molecular weight is 395 g/mol. The van der Waals surface area contributed by atoms with Crippen LogP contribution in [0.15, 0.2) is 71.4 Å². The fraction of sp³-hybridized carbons (Fsp3) is 0. The summed E-state index contributed by atoms with van der Waals surface area (Å²) in [6, 6.07) is 15.9. The summed E-state index contributed by atoms with van der Waals surface area (Å²) in [5, 5.41) is 6.99. The van der Waals surface area contributed by atoms with Crippen molar-refractivity contribution in [2.24, 2.45) is 0 Å². The summed E-state index contributed by atoms with van der Waals surface area (Å²) in [4.78, 5) is 20.7. The number of pyridine rings is 1. The van der Waals surface area contributed by atoms with E-state index < -0.39 is 11.7 Å². The molecule has 0 fully saturated rings. The Morgan fingerprint density at radius 3 is 2.75 bits per heavy atom. The number of nitrogens with zero attached hydrogens (tertiary/aromatic N) is 3. The molecule has 2 heterocycles. The number of nitrogens with one attached hydrogen (secondary N) is 1. The Kier molecular flexibility index (Phi) is 4.82. The molecule has 0 saturated heterocycles. The van der Waals surface area contributed by atoms with E-state index in [0.717, 1.165) is 0 Å². The fourth-order valence-corrected chi connectivity index (χ4v) is 2.76. The van der Waals surface area contributed by atoms with Gasteiger partial charge in [-0.2, -0.15) is 4.98 Å². The predicted octanol–water partition coefficient (Wildman–Crippen LogP) is 4.84.